The Morgan fingerprint density at radius 2 is 1.79 bits per heavy atom. The first kappa shape index (κ1) is 16.0. The highest BCUT2D eigenvalue weighted by Gasteiger charge is 2.10. The number of ether oxygens (including phenoxy) is 1. The third-order valence-electron chi connectivity index (χ3n) is 2.82. The average Bonchev–Trinajstić information content (AvgIpc) is 2.40. The van der Waals surface area contributed by atoms with Gasteiger partial charge in [0.05, 0.1) is 0 Å². The molecular formula is C13H21N3O2S. The van der Waals surface area contributed by atoms with Gasteiger partial charge in [-0.15, -0.1) is 12.6 Å². The summed E-state index contributed by atoms with van der Waals surface area (Å²) in [7, 11) is 0. The van der Waals surface area contributed by atoms with Crippen molar-refractivity contribution >= 4 is 18.5 Å². The number of hydrogen-bond donors (Lipinski definition) is 4. The summed E-state index contributed by atoms with van der Waals surface area (Å²) in [5.41, 5.74) is 16.8. The Bertz CT molecular complexity index is 391. The quantitative estimate of drug-likeness (QED) is 0.596. The molecule has 1 fully saturated rings. The Kier molecular flexibility index (Phi) is 6.86. The minimum Gasteiger partial charge on any atom is -0.381 e. The van der Waals surface area contributed by atoms with E-state index in [1.165, 1.54) is 0 Å². The highest BCUT2D eigenvalue weighted by molar-refractivity contribution is 7.80. The van der Waals surface area contributed by atoms with Gasteiger partial charge in [0.1, 0.15) is 6.04 Å². The number of benzene rings is 1. The minimum atomic E-state index is -0.723. The van der Waals surface area contributed by atoms with Crippen LogP contribution in [0.4, 0.5) is 0 Å². The van der Waals surface area contributed by atoms with Gasteiger partial charge in [-0.3, -0.25) is 4.79 Å². The van der Waals surface area contributed by atoms with Crippen LogP contribution in [-0.2, 0) is 9.53 Å². The molecule has 19 heavy (non-hydrogen) atoms. The molecule has 1 unspecified atom stereocenters. The van der Waals surface area contributed by atoms with Crippen LogP contribution in [0.5, 0.6) is 0 Å². The van der Waals surface area contributed by atoms with Crippen LogP contribution in [0.15, 0.2) is 29.2 Å². The van der Waals surface area contributed by atoms with Crippen molar-refractivity contribution in [3.63, 3.8) is 0 Å². The lowest BCUT2D eigenvalue weighted by Gasteiger charge is -2.16. The summed E-state index contributed by atoms with van der Waals surface area (Å²) in [4.78, 5) is 11.5. The largest absolute Gasteiger partial charge is 0.381 e. The second-order valence-electron chi connectivity index (χ2n) is 4.42. The van der Waals surface area contributed by atoms with E-state index in [9.17, 15) is 4.79 Å². The zero-order valence-electron chi connectivity index (χ0n) is 10.8. The molecule has 2 rings (SSSR count). The van der Waals surface area contributed by atoms with Crippen LogP contribution in [0.25, 0.3) is 0 Å². The van der Waals surface area contributed by atoms with Crippen LogP contribution in [0.2, 0.25) is 0 Å². The first-order valence-corrected chi connectivity index (χ1v) is 6.62. The number of hydrogen-bond acceptors (Lipinski definition) is 5. The van der Waals surface area contributed by atoms with Crippen LogP contribution in [0.3, 0.4) is 0 Å². The highest BCUT2D eigenvalue weighted by atomic mass is 32.1. The fraction of sp³-hybridized carbons (Fsp3) is 0.462. The molecule has 6 N–H and O–H groups in total. The number of carbonyl (C=O) groups excluding carboxylic acids is 1. The Labute approximate surface area is 118 Å². The van der Waals surface area contributed by atoms with Crippen molar-refractivity contribution in [3.05, 3.63) is 29.8 Å². The molecule has 1 aliphatic rings. The molecule has 1 aliphatic heterocycles. The molecule has 0 aromatic heterocycles. The highest BCUT2D eigenvalue weighted by Crippen LogP contribution is 2.12. The van der Waals surface area contributed by atoms with Crippen molar-refractivity contribution in [2.75, 3.05) is 13.2 Å². The maximum atomic E-state index is 10.7. The number of carbonyl (C=O) groups is 1. The Balaban J connectivity index is 0.000000218. The summed E-state index contributed by atoms with van der Waals surface area (Å²) < 4.78 is 5.06. The van der Waals surface area contributed by atoms with Crippen molar-refractivity contribution in [3.8, 4) is 0 Å². The number of rotatable bonds is 2. The molecule has 1 heterocycles. The van der Waals surface area contributed by atoms with Crippen molar-refractivity contribution in [2.24, 2.45) is 17.2 Å². The zero-order valence-corrected chi connectivity index (χ0v) is 11.7. The summed E-state index contributed by atoms with van der Waals surface area (Å²) in [5.74, 6) is -0.526. The molecule has 6 heteroatoms. The second-order valence-corrected chi connectivity index (χ2v) is 4.94. The molecule has 0 saturated carbocycles. The molecule has 0 bridgehead atoms. The van der Waals surface area contributed by atoms with Crippen LogP contribution in [0, 0.1) is 0 Å². The van der Waals surface area contributed by atoms with Gasteiger partial charge < -0.3 is 21.9 Å². The van der Waals surface area contributed by atoms with E-state index >= 15 is 0 Å². The number of nitrogens with two attached hydrogens (primary N) is 3. The predicted molar refractivity (Wildman–Crippen MR) is 77.8 cm³/mol. The molecular weight excluding hydrogens is 262 g/mol. The molecule has 0 aliphatic carbocycles. The Morgan fingerprint density at radius 3 is 2.16 bits per heavy atom. The van der Waals surface area contributed by atoms with E-state index in [1.54, 1.807) is 24.3 Å². The van der Waals surface area contributed by atoms with E-state index in [2.05, 4.69) is 12.6 Å². The van der Waals surface area contributed by atoms with E-state index < -0.39 is 11.9 Å². The summed E-state index contributed by atoms with van der Waals surface area (Å²) in [6, 6.07) is 6.69. The summed E-state index contributed by atoms with van der Waals surface area (Å²) >= 11 is 4.09. The van der Waals surface area contributed by atoms with Gasteiger partial charge in [0.15, 0.2) is 0 Å². The Morgan fingerprint density at radius 1 is 1.26 bits per heavy atom. The van der Waals surface area contributed by atoms with Gasteiger partial charge in [0, 0.05) is 24.2 Å². The van der Waals surface area contributed by atoms with Gasteiger partial charge in [-0.2, -0.15) is 0 Å². The molecule has 106 valence electrons. The lowest BCUT2D eigenvalue weighted by atomic mass is 10.1. The van der Waals surface area contributed by atoms with Gasteiger partial charge in [-0.25, -0.2) is 0 Å². The summed E-state index contributed by atoms with van der Waals surface area (Å²) in [5, 5.41) is 0. The second kappa shape index (κ2) is 8.16. The van der Waals surface area contributed by atoms with Crippen molar-refractivity contribution in [1.29, 1.82) is 0 Å². The lowest BCUT2D eigenvalue weighted by Crippen LogP contribution is -2.28. The van der Waals surface area contributed by atoms with E-state index in [-0.39, 0.29) is 0 Å². The first-order valence-electron chi connectivity index (χ1n) is 6.18. The minimum absolute atomic E-state index is 0.411. The maximum Gasteiger partial charge on any atom is 0.238 e. The summed E-state index contributed by atoms with van der Waals surface area (Å²) in [6.07, 6.45) is 2.08. The van der Waals surface area contributed by atoms with Crippen LogP contribution >= 0.6 is 12.6 Å². The maximum absolute atomic E-state index is 10.7. The van der Waals surface area contributed by atoms with E-state index in [4.69, 9.17) is 21.9 Å². The molecule has 1 atom stereocenters. The molecule has 5 nitrogen and oxygen atoms in total. The average molecular weight is 283 g/mol. The van der Waals surface area contributed by atoms with Crippen LogP contribution < -0.4 is 17.2 Å². The summed E-state index contributed by atoms with van der Waals surface area (Å²) in [6.45, 7) is 1.72. The molecule has 0 radical (unpaired) electrons. The SMILES string of the molecule is NC(=O)C(N)c1ccc(S)cc1.NC1CCOCC1. The molecule has 1 aromatic carbocycles. The van der Waals surface area contributed by atoms with Gasteiger partial charge in [0.2, 0.25) is 5.91 Å². The fourth-order valence-corrected chi connectivity index (χ4v) is 1.71. The molecule has 1 aromatic rings. The van der Waals surface area contributed by atoms with Crippen LogP contribution in [0.1, 0.15) is 24.4 Å². The van der Waals surface area contributed by atoms with E-state index in [1.807, 2.05) is 0 Å². The lowest BCUT2D eigenvalue weighted by molar-refractivity contribution is -0.119. The topological polar surface area (TPSA) is 104 Å². The standard InChI is InChI=1S/C8H10N2OS.C5H11NO/c9-7(8(10)11)5-1-3-6(12)4-2-5;6-5-1-3-7-4-2-5/h1-4,7,12H,9H2,(H2,10,11);5H,1-4,6H2. The Hall–Kier alpha value is -1.08. The molecule has 1 amide bonds. The van der Waals surface area contributed by atoms with Gasteiger partial charge >= 0.3 is 0 Å². The number of thiol groups is 1. The fourth-order valence-electron chi connectivity index (χ4n) is 1.56. The molecule has 1 saturated heterocycles. The van der Waals surface area contributed by atoms with Crippen LogP contribution in [-0.4, -0.2) is 25.2 Å². The van der Waals surface area contributed by atoms with Gasteiger partial charge in [-0.05, 0) is 30.5 Å². The first-order chi connectivity index (χ1) is 9.00. The normalized spacial score (nSPS) is 17.2. The monoisotopic (exact) mass is 283 g/mol. The van der Waals surface area contributed by atoms with Crippen molar-refractivity contribution in [1.82, 2.24) is 0 Å². The van der Waals surface area contributed by atoms with Gasteiger partial charge in [0.25, 0.3) is 0 Å². The van der Waals surface area contributed by atoms with E-state index in [0.717, 1.165) is 31.0 Å². The van der Waals surface area contributed by atoms with E-state index in [0.29, 0.717) is 11.6 Å². The predicted octanol–water partition coefficient (Wildman–Crippen LogP) is 0.585. The third kappa shape index (κ3) is 6.07. The zero-order chi connectivity index (χ0) is 14.3. The number of primary amides is 1. The van der Waals surface area contributed by atoms with Crippen molar-refractivity contribution in [2.45, 2.75) is 29.8 Å². The van der Waals surface area contributed by atoms with Gasteiger partial charge in [-0.1, -0.05) is 12.1 Å². The third-order valence-corrected chi connectivity index (χ3v) is 3.12. The smallest absolute Gasteiger partial charge is 0.238 e. The number of amides is 1. The van der Waals surface area contributed by atoms with Crippen molar-refractivity contribution < 1.29 is 9.53 Å². The molecule has 0 spiro atoms.